The molecule has 8 nitrogen and oxygen atoms in total. The number of benzene rings is 1. The van der Waals surface area contributed by atoms with E-state index >= 15 is 0 Å². The zero-order valence-electron chi connectivity index (χ0n) is 16.4. The summed E-state index contributed by atoms with van der Waals surface area (Å²) in [6.07, 6.45) is 2.63. The van der Waals surface area contributed by atoms with Crippen LogP contribution in [-0.4, -0.2) is 49.9 Å². The van der Waals surface area contributed by atoms with Gasteiger partial charge in [0.1, 0.15) is 11.5 Å². The molecule has 1 aromatic carbocycles. The van der Waals surface area contributed by atoms with Gasteiger partial charge < -0.3 is 9.64 Å². The number of sulfonamides is 1. The first-order valence-electron chi connectivity index (χ1n) is 9.50. The number of hydrogen-bond donors (Lipinski definition) is 1. The lowest BCUT2D eigenvalue weighted by Crippen LogP contribution is -2.43. The SMILES string of the molecule is CCOC(=O)[C@H]1CCCN(C(=O)c2cc(NS(=O)(=O)c3ccc(F)cc3)ccn2)C1. The summed E-state index contributed by atoms with van der Waals surface area (Å²) < 4.78 is 45.4. The number of esters is 1. The van der Waals surface area contributed by atoms with Gasteiger partial charge in [0, 0.05) is 19.3 Å². The molecule has 1 amide bonds. The van der Waals surface area contributed by atoms with Crippen molar-refractivity contribution in [2.45, 2.75) is 24.7 Å². The van der Waals surface area contributed by atoms with Crippen LogP contribution >= 0.6 is 0 Å². The monoisotopic (exact) mass is 435 g/mol. The maximum Gasteiger partial charge on any atom is 0.310 e. The first-order chi connectivity index (χ1) is 14.3. The largest absolute Gasteiger partial charge is 0.466 e. The van der Waals surface area contributed by atoms with Gasteiger partial charge in [0.15, 0.2) is 0 Å². The zero-order chi connectivity index (χ0) is 21.7. The van der Waals surface area contributed by atoms with Crippen LogP contribution in [0.4, 0.5) is 10.1 Å². The number of carbonyl (C=O) groups excluding carboxylic acids is 2. The quantitative estimate of drug-likeness (QED) is 0.699. The van der Waals surface area contributed by atoms with E-state index in [1.807, 2.05) is 0 Å². The van der Waals surface area contributed by atoms with Crippen LogP contribution < -0.4 is 4.72 Å². The number of halogens is 1. The number of pyridine rings is 1. The fourth-order valence-electron chi connectivity index (χ4n) is 3.21. The van der Waals surface area contributed by atoms with Crippen molar-refractivity contribution in [3.63, 3.8) is 0 Å². The fraction of sp³-hybridized carbons (Fsp3) is 0.350. The van der Waals surface area contributed by atoms with Crippen LogP contribution in [0.5, 0.6) is 0 Å². The Bertz CT molecular complexity index is 1030. The molecule has 10 heteroatoms. The summed E-state index contributed by atoms with van der Waals surface area (Å²) in [6.45, 7) is 2.71. The molecule has 0 aliphatic carbocycles. The van der Waals surface area contributed by atoms with E-state index < -0.39 is 21.7 Å². The lowest BCUT2D eigenvalue weighted by molar-refractivity contribution is -0.149. The Kier molecular flexibility index (Phi) is 6.66. The average Bonchev–Trinajstić information content (AvgIpc) is 2.73. The van der Waals surface area contributed by atoms with Crippen LogP contribution in [0.1, 0.15) is 30.3 Å². The molecule has 0 radical (unpaired) electrons. The van der Waals surface area contributed by atoms with Gasteiger partial charge >= 0.3 is 5.97 Å². The van der Waals surface area contributed by atoms with Gasteiger partial charge in [-0.15, -0.1) is 0 Å². The number of anilines is 1. The molecule has 1 N–H and O–H groups in total. The molecule has 1 aliphatic rings. The molecule has 1 fully saturated rings. The smallest absolute Gasteiger partial charge is 0.310 e. The van der Waals surface area contributed by atoms with E-state index in [4.69, 9.17) is 4.74 Å². The molecule has 1 saturated heterocycles. The first-order valence-corrected chi connectivity index (χ1v) is 11.0. The summed E-state index contributed by atoms with van der Waals surface area (Å²) in [6, 6.07) is 7.13. The normalized spacial score (nSPS) is 16.7. The topological polar surface area (TPSA) is 106 Å². The molecule has 0 bridgehead atoms. The predicted octanol–water partition coefficient (Wildman–Crippen LogP) is 2.44. The Hall–Kier alpha value is -3.01. The fourth-order valence-corrected chi connectivity index (χ4v) is 4.26. The Morgan fingerprint density at radius 1 is 1.27 bits per heavy atom. The predicted molar refractivity (Wildman–Crippen MR) is 107 cm³/mol. The molecule has 160 valence electrons. The van der Waals surface area contributed by atoms with Crippen molar-refractivity contribution >= 4 is 27.6 Å². The summed E-state index contributed by atoms with van der Waals surface area (Å²) in [5, 5.41) is 0. The van der Waals surface area contributed by atoms with Crippen molar-refractivity contribution in [2.24, 2.45) is 5.92 Å². The molecular weight excluding hydrogens is 413 g/mol. The van der Waals surface area contributed by atoms with Gasteiger partial charge in [-0.2, -0.15) is 0 Å². The number of carbonyl (C=O) groups is 2. The van der Waals surface area contributed by atoms with Crippen LogP contribution in [0, 0.1) is 11.7 Å². The van der Waals surface area contributed by atoms with Crippen molar-refractivity contribution in [1.29, 1.82) is 0 Å². The number of amides is 1. The van der Waals surface area contributed by atoms with E-state index in [2.05, 4.69) is 9.71 Å². The molecule has 2 heterocycles. The average molecular weight is 435 g/mol. The number of nitrogens with zero attached hydrogens (tertiary/aromatic N) is 2. The lowest BCUT2D eigenvalue weighted by atomic mass is 9.98. The van der Waals surface area contributed by atoms with Crippen molar-refractivity contribution in [2.75, 3.05) is 24.4 Å². The number of nitrogens with one attached hydrogen (secondary N) is 1. The van der Waals surface area contributed by atoms with Crippen molar-refractivity contribution < 1.29 is 27.1 Å². The van der Waals surface area contributed by atoms with E-state index in [1.165, 1.54) is 23.2 Å². The summed E-state index contributed by atoms with van der Waals surface area (Å²) >= 11 is 0. The molecule has 1 atom stereocenters. The molecule has 3 rings (SSSR count). The minimum Gasteiger partial charge on any atom is -0.466 e. The van der Waals surface area contributed by atoms with Gasteiger partial charge in [-0.05, 0) is 56.2 Å². The maximum atomic E-state index is 13.0. The van der Waals surface area contributed by atoms with E-state index in [9.17, 15) is 22.4 Å². The number of piperidine rings is 1. The highest BCUT2D eigenvalue weighted by Crippen LogP contribution is 2.21. The van der Waals surface area contributed by atoms with Crippen LogP contribution in [0.2, 0.25) is 0 Å². The van der Waals surface area contributed by atoms with Gasteiger partial charge in [-0.25, -0.2) is 12.8 Å². The summed E-state index contributed by atoms with van der Waals surface area (Å²) in [4.78, 5) is 30.3. The third-order valence-corrected chi connectivity index (χ3v) is 6.08. The molecule has 1 aliphatic heterocycles. The van der Waals surface area contributed by atoms with Crippen molar-refractivity contribution in [3.05, 3.63) is 54.1 Å². The van der Waals surface area contributed by atoms with E-state index in [1.54, 1.807) is 6.92 Å². The summed E-state index contributed by atoms with van der Waals surface area (Å²) in [5.74, 6) is -1.66. The molecular formula is C20H22FN3O5S. The van der Waals surface area contributed by atoms with Crippen LogP contribution in [0.15, 0.2) is 47.5 Å². The maximum absolute atomic E-state index is 13.0. The highest BCUT2D eigenvalue weighted by Gasteiger charge is 2.30. The summed E-state index contributed by atoms with van der Waals surface area (Å²) in [5.41, 5.74) is 0.204. The van der Waals surface area contributed by atoms with Gasteiger partial charge in [-0.3, -0.25) is 19.3 Å². The number of likely N-dealkylation sites (tertiary alicyclic amines) is 1. The second-order valence-corrected chi connectivity index (χ2v) is 8.51. The Morgan fingerprint density at radius 2 is 2.00 bits per heavy atom. The number of rotatable bonds is 6. The van der Waals surface area contributed by atoms with Crippen molar-refractivity contribution in [3.8, 4) is 0 Å². The zero-order valence-corrected chi connectivity index (χ0v) is 17.2. The summed E-state index contributed by atoms with van der Waals surface area (Å²) in [7, 11) is -3.95. The van der Waals surface area contributed by atoms with E-state index in [-0.39, 0.29) is 41.3 Å². The number of ether oxygens (including phenoxy) is 1. The van der Waals surface area contributed by atoms with Crippen molar-refractivity contribution in [1.82, 2.24) is 9.88 Å². The van der Waals surface area contributed by atoms with Crippen LogP contribution in [0.25, 0.3) is 0 Å². The number of hydrogen-bond acceptors (Lipinski definition) is 6. The Morgan fingerprint density at radius 3 is 2.70 bits per heavy atom. The molecule has 0 saturated carbocycles. The van der Waals surface area contributed by atoms with Gasteiger partial charge in [-0.1, -0.05) is 0 Å². The molecule has 0 spiro atoms. The highest BCUT2D eigenvalue weighted by molar-refractivity contribution is 7.92. The molecule has 30 heavy (non-hydrogen) atoms. The van der Waals surface area contributed by atoms with E-state index in [0.717, 1.165) is 24.3 Å². The second kappa shape index (κ2) is 9.21. The Balaban J connectivity index is 1.74. The second-order valence-electron chi connectivity index (χ2n) is 6.83. The first kappa shape index (κ1) is 21.7. The minimum atomic E-state index is -3.95. The number of aromatic nitrogens is 1. The minimum absolute atomic E-state index is 0.0545. The van der Waals surface area contributed by atoms with Crippen LogP contribution in [-0.2, 0) is 19.6 Å². The third kappa shape index (κ3) is 5.12. The third-order valence-electron chi connectivity index (χ3n) is 4.68. The van der Waals surface area contributed by atoms with Crippen LogP contribution in [0.3, 0.4) is 0 Å². The lowest BCUT2D eigenvalue weighted by Gasteiger charge is -2.31. The molecule has 0 unspecified atom stereocenters. The highest BCUT2D eigenvalue weighted by atomic mass is 32.2. The molecule has 2 aromatic rings. The Labute approximate surface area is 174 Å². The van der Waals surface area contributed by atoms with Gasteiger partial charge in [0.05, 0.1) is 23.1 Å². The molecule has 1 aromatic heterocycles. The van der Waals surface area contributed by atoms with Gasteiger partial charge in [0.25, 0.3) is 15.9 Å². The van der Waals surface area contributed by atoms with E-state index in [0.29, 0.717) is 19.4 Å². The van der Waals surface area contributed by atoms with Gasteiger partial charge in [0.2, 0.25) is 0 Å². The standard InChI is InChI=1S/C20H22FN3O5S/c1-2-29-20(26)14-4-3-11-24(13-14)19(25)18-12-16(9-10-22-18)23-30(27,28)17-7-5-15(21)6-8-17/h5-10,12,14H,2-4,11,13H2,1H3,(H,22,23)/t14-/m0/s1.